The molecule has 0 atom stereocenters. The second kappa shape index (κ2) is 17.2. The normalized spacial score (nSPS) is 11.0. The van der Waals surface area contributed by atoms with E-state index in [2.05, 4.69) is 158 Å². The Kier molecular flexibility index (Phi) is 10.6. The molecule has 0 unspecified atom stereocenters. The molecule has 0 bridgehead atoms. The van der Waals surface area contributed by atoms with E-state index in [-0.39, 0.29) is 0 Å². The van der Waals surface area contributed by atoms with Crippen LogP contribution in [-0.4, -0.2) is 19.9 Å². The van der Waals surface area contributed by atoms with Crippen molar-refractivity contribution in [3.8, 4) is 90.1 Å². The van der Waals surface area contributed by atoms with E-state index in [1.165, 1.54) is 9.79 Å². The van der Waals surface area contributed by atoms with Crippen molar-refractivity contribution in [2.45, 2.75) is 9.79 Å². The van der Waals surface area contributed by atoms with Gasteiger partial charge in [0.2, 0.25) is 0 Å². The van der Waals surface area contributed by atoms with Gasteiger partial charge in [0.25, 0.3) is 0 Å². The minimum atomic E-state index is 0.707. The van der Waals surface area contributed by atoms with Crippen molar-refractivity contribution in [3.63, 3.8) is 0 Å². The van der Waals surface area contributed by atoms with Gasteiger partial charge in [-0.05, 0) is 58.7 Å². The summed E-state index contributed by atoms with van der Waals surface area (Å²) in [6.07, 6.45) is 0. The summed E-state index contributed by atoms with van der Waals surface area (Å²) >= 11 is 1.76. The zero-order chi connectivity index (χ0) is 40.8. The minimum absolute atomic E-state index is 0.707. The number of benzene rings is 8. The second-order valence-electron chi connectivity index (χ2n) is 14.7. The van der Waals surface area contributed by atoms with Crippen molar-refractivity contribution in [3.05, 3.63) is 231 Å². The van der Waals surface area contributed by atoms with Crippen LogP contribution in [-0.2, 0) is 0 Å². The van der Waals surface area contributed by atoms with Crippen LogP contribution in [0.1, 0.15) is 0 Å². The van der Waals surface area contributed by atoms with Crippen molar-refractivity contribution in [1.29, 1.82) is 0 Å². The molecule has 0 radical (unpaired) electrons. The summed E-state index contributed by atoms with van der Waals surface area (Å²) in [6.45, 7) is 0. The van der Waals surface area contributed by atoms with Crippen molar-refractivity contribution in [2.24, 2.45) is 0 Å². The van der Waals surface area contributed by atoms with E-state index in [1.54, 1.807) is 11.8 Å². The molecule has 10 rings (SSSR count). The summed E-state index contributed by atoms with van der Waals surface area (Å²) in [5.41, 5.74) is 14.4. The molecule has 2 heterocycles. The van der Waals surface area contributed by atoms with Gasteiger partial charge in [0, 0.05) is 43.2 Å². The predicted molar refractivity (Wildman–Crippen MR) is 252 cm³/mol. The lowest BCUT2D eigenvalue weighted by Crippen LogP contribution is -1.95. The molecule has 2 aromatic heterocycles. The van der Waals surface area contributed by atoms with Gasteiger partial charge in [-0.3, -0.25) is 0 Å². The number of hydrogen-bond donors (Lipinski definition) is 0. The smallest absolute Gasteiger partial charge is 0.160 e. The van der Waals surface area contributed by atoms with Gasteiger partial charge in [0.15, 0.2) is 11.6 Å². The molecule has 61 heavy (non-hydrogen) atoms. The topological polar surface area (TPSA) is 51.6 Å². The molecule has 0 fully saturated rings. The Morgan fingerprint density at radius 3 is 0.705 bits per heavy atom. The van der Waals surface area contributed by atoms with E-state index in [9.17, 15) is 0 Å². The number of hydrogen-bond acceptors (Lipinski definition) is 5. The monoisotopic (exact) mass is 798 g/mol. The van der Waals surface area contributed by atoms with Crippen LogP contribution in [0.25, 0.3) is 90.1 Å². The maximum Gasteiger partial charge on any atom is 0.160 e. The Morgan fingerprint density at radius 2 is 0.443 bits per heavy atom. The lowest BCUT2D eigenvalue weighted by atomic mass is 10.0. The van der Waals surface area contributed by atoms with Crippen LogP contribution < -0.4 is 0 Å². The molecule has 0 N–H and O–H groups in total. The zero-order valence-corrected chi connectivity index (χ0v) is 34.0. The first-order valence-corrected chi connectivity index (χ1v) is 21.1. The second-order valence-corrected chi connectivity index (χ2v) is 15.8. The van der Waals surface area contributed by atoms with E-state index in [0.29, 0.717) is 11.6 Å². The maximum atomic E-state index is 4.99. The highest BCUT2D eigenvalue weighted by Crippen LogP contribution is 2.34. The highest BCUT2D eigenvalue weighted by Gasteiger charge is 2.13. The van der Waals surface area contributed by atoms with Crippen molar-refractivity contribution < 1.29 is 0 Å². The molecular formula is C56H38N4S. The number of nitrogens with zero attached hydrogens (tertiary/aromatic N) is 4. The van der Waals surface area contributed by atoms with Crippen LogP contribution in [0.3, 0.4) is 0 Å². The summed E-state index contributed by atoms with van der Waals surface area (Å²) in [5.74, 6) is 1.41. The van der Waals surface area contributed by atoms with E-state index in [4.69, 9.17) is 19.9 Å². The minimum Gasteiger partial charge on any atom is -0.228 e. The van der Waals surface area contributed by atoms with E-state index in [1.807, 2.05) is 72.8 Å². The van der Waals surface area contributed by atoms with Gasteiger partial charge in [-0.15, -0.1) is 0 Å². The lowest BCUT2D eigenvalue weighted by Gasteiger charge is -2.10. The van der Waals surface area contributed by atoms with E-state index < -0.39 is 0 Å². The summed E-state index contributed by atoms with van der Waals surface area (Å²) in [6, 6.07) is 79.9. The van der Waals surface area contributed by atoms with Crippen LogP contribution in [0, 0.1) is 0 Å². The third-order valence-electron chi connectivity index (χ3n) is 10.6. The highest BCUT2D eigenvalue weighted by atomic mass is 32.2. The fraction of sp³-hybridized carbons (Fsp3) is 0. The van der Waals surface area contributed by atoms with Crippen LogP contribution in [0.15, 0.2) is 240 Å². The Balaban J connectivity index is 0.827. The van der Waals surface area contributed by atoms with Gasteiger partial charge < -0.3 is 0 Å². The van der Waals surface area contributed by atoms with E-state index in [0.717, 1.165) is 78.4 Å². The van der Waals surface area contributed by atoms with Gasteiger partial charge in [-0.25, -0.2) is 19.9 Å². The van der Waals surface area contributed by atoms with Crippen LogP contribution >= 0.6 is 11.8 Å². The third-order valence-corrected chi connectivity index (χ3v) is 11.6. The fourth-order valence-corrected chi connectivity index (χ4v) is 8.19. The molecule has 0 aliphatic rings. The van der Waals surface area contributed by atoms with Gasteiger partial charge in [-0.2, -0.15) is 0 Å². The number of aromatic nitrogens is 4. The molecule has 0 amide bonds. The maximum absolute atomic E-state index is 4.99. The van der Waals surface area contributed by atoms with Gasteiger partial charge in [0.1, 0.15) is 0 Å². The van der Waals surface area contributed by atoms with Crippen molar-refractivity contribution in [2.75, 3.05) is 0 Å². The standard InChI is InChI=1S/C56H38N4S/c1-5-13-43(14-6-1)51-37-52(44-15-7-2-8-16-44)58-55(57-51)47-25-21-39(22-26-47)41-29-33-49(34-30-41)61-50-35-31-42(32-36-50)40-23-27-48(28-24-40)56-59-53(45-17-9-3-10-18-45)38-54(60-56)46-19-11-4-12-20-46/h1-38H. The van der Waals surface area contributed by atoms with Gasteiger partial charge >= 0.3 is 0 Å². The molecule has 288 valence electrons. The SMILES string of the molecule is c1ccc(-c2cc(-c3ccccc3)nc(-c3ccc(-c4ccc(Sc5ccc(-c6ccc(-c7nc(-c8ccccc8)cc(-c8ccccc8)n7)cc6)cc5)cc4)cc3)n2)cc1. The summed E-state index contributed by atoms with van der Waals surface area (Å²) in [7, 11) is 0. The average molecular weight is 799 g/mol. The van der Waals surface area contributed by atoms with Gasteiger partial charge in [-0.1, -0.05) is 206 Å². The van der Waals surface area contributed by atoms with Gasteiger partial charge in [0.05, 0.1) is 22.8 Å². The van der Waals surface area contributed by atoms with Crippen LogP contribution in [0.4, 0.5) is 0 Å². The summed E-state index contributed by atoms with van der Waals surface area (Å²) in [5, 5.41) is 0. The Hall–Kier alpha value is -7.73. The van der Waals surface area contributed by atoms with Crippen LogP contribution in [0.5, 0.6) is 0 Å². The lowest BCUT2D eigenvalue weighted by molar-refractivity contribution is 1.18. The van der Waals surface area contributed by atoms with Crippen molar-refractivity contribution in [1.82, 2.24) is 19.9 Å². The van der Waals surface area contributed by atoms with Crippen LogP contribution in [0.2, 0.25) is 0 Å². The first-order valence-electron chi connectivity index (χ1n) is 20.3. The summed E-state index contributed by atoms with van der Waals surface area (Å²) < 4.78 is 0. The third kappa shape index (κ3) is 8.55. The molecule has 8 aromatic carbocycles. The largest absolute Gasteiger partial charge is 0.228 e. The Bertz CT molecular complexity index is 2700. The molecule has 4 nitrogen and oxygen atoms in total. The molecule has 0 saturated heterocycles. The van der Waals surface area contributed by atoms with E-state index >= 15 is 0 Å². The average Bonchev–Trinajstić information content (AvgIpc) is 3.35. The van der Waals surface area contributed by atoms with Crippen molar-refractivity contribution >= 4 is 11.8 Å². The molecule has 0 spiro atoms. The molecule has 0 saturated carbocycles. The first kappa shape index (κ1) is 37.5. The summed E-state index contributed by atoms with van der Waals surface area (Å²) in [4.78, 5) is 22.3. The first-order chi connectivity index (χ1) is 30.2. The molecule has 5 heteroatoms. The highest BCUT2D eigenvalue weighted by molar-refractivity contribution is 7.99. The number of rotatable bonds is 10. The Morgan fingerprint density at radius 1 is 0.213 bits per heavy atom. The quantitative estimate of drug-likeness (QED) is 0.138. The molecule has 10 aromatic rings. The molecule has 0 aliphatic carbocycles. The Labute approximate surface area is 360 Å². The molecule has 0 aliphatic heterocycles. The zero-order valence-electron chi connectivity index (χ0n) is 33.1. The fourth-order valence-electron chi connectivity index (χ4n) is 7.37. The predicted octanol–water partition coefficient (Wildman–Crippen LogP) is 14.8. The molecular weight excluding hydrogens is 761 g/mol.